The minimum absolute atomic E-state index is 0.0251. The second kappa shape index (κ2) is 12.8. The molecule has 0 unspecified atom stereocenters. The highest BCUT2D eigenvalue weighted by Gasteiger charge is 2.14. The molecule has 7 heteroatoms. The molecule has 0 aliphatic heterocycles. The van der Waals surface area contributed by atoms with Crippen LogP contribution in [0, 0.1) is 0 Å². The van der Waals surface area contributed by atoms with Crippen molar-refractivity contribution in [3.05, 3.63) is 119 Å². The molecule has 0 saturated heterocycles. The van der Waals surface area contributed by atoms with Crippen LogP contribution in [-0.4, -0.2) is 29.8 Å². The zero-order valence-electron chi connectivity index (χ0n) is 22.9. The fourth-order valence-electron chi connectivity index (χ4n) is 3.96. The highest BCUT2D eigenvalue weighted by atomic mass is 16.5. The Hall–Kier alpha value is -4.91. The highest BCUT2D eigenvalue weighted by Crippen LogP contribution is 2.21. The van der Waals surface area contributed by atoms with Gasteiger partial charge in [0.1, 0.15) is 11.5 Å². The predicted octanol–water partition coefficient (Wildman–Crippen LogP) is 7.00. The fraction of sp³-hybridized carbons (Fsp3) is 0.182. The summed E-state index contributed by atoms with van der Waals surface area (Å²) in [6.07, 6.45) is 0.0503. The number of anilines is 2. The topological polar surface area (TPSA) is 93.7 Å². The molecule has 2 amide bonds. The summed E-state index contributed by atoms with van der Waals surface area (Å²) in [5, 5.41) is 5.70. The Labute approximate surface area is 234 Å². The van der Waals surface area contributed by atoms with Crippen LogP contribution in [0.5, 0.6) is 11.5 Å². The molecule has 0 atom stereocenters. The van der Waals surface area contributed by atoms with Gasteiger partial charge in [-0.15, -0.1) is 0 Å². The summed E-state index contributed by atoms with van der Waals surface area (Å²) in [7, 11) is 0. The van der Waals surface area contributed by atoms with Crippen LogP contribution in [0.25, 0.3) is 0 Å². The van der Waals surface area contributed by atoms with Crippen molar-refractivity contribution in [1.82, 2.24) is 0 Å². The largest absolute Gasteiger partial charge is 0.491 e. The molecule has 0 aliphatic carbocycles. The fourth-order valence-corrected chi connectivity index (χ4v) is 3.96. The molecule has 0 radical (unpaired) electrons. The van der Waals surface area contributed by atoms with Crippen LogP contribution >= 0.6 is 0 Å². The Bertz CT molecular complexity index is 1380. The lowest BCUT2D eigenvalue weighted by Crippen LogP contribution is -2.13. The van der Waals surface area contributed by atoms with Crippen molar-refractivity contribution in [2.24, 2.45) is 0 Å². The summed E-state index contributed by atoms with van der Waals surface area (Å²) in [6.45, 7) is 7.74. The number of hydrogen-bond donors (Lipinski definition) is 2. The number of rotatable bonds is 10. The summed E-state index contributed by atoms with van der Waals surface area (Å²) in [6, 6.07) is 27.3. The maximum Gasteiger partial charge on any atom is 0.255 e. The number of nitrogens with one attached hydrogen (secondary N) is 2. The molecular weight excluding hydrogens is 504 g/mol. The molecule has 2 N–H and O–H groups in total. The Kier molecular flexibility index (Phi) is 8.96. The third kappa shape index (κ3) is 7.57. The number of ketones is 1. The van der Waals surface area contributed by atoms with Gasteiger partial charge in [-0.25, -0.2) is 0 Å². The Morgan fingerprint density at radius 2 is 0.875 bits per heavy atom. The monoisotopic (exact) mass is 536 g/mol. The normalized spacial score (nSPS) is 10.8. The molecule has 0 spiro atoms. The molecule has 0 bridgehead atoms. The maximum absolute atomic E-state index is 13.0. The highest BCUT2D eigenvalue weighted by molar-refractivity contribution is 6.11. The first-order valence-corrected chi connectivity index (χ1v) is 13.1. The molecule has 0 fully saturated rings. The molecule has 0 aromatic heterocycles. The lowest BCUT2D eigenvalue weighted by Gasteiger charge is -2.12. The van der Waals surface area contributed by atoms with Gasteiger partial charge in [0.25, 0.3) is 11.8 Å². The van der Waals surface area contributed by atoms with Crippen LogP contribution < -0.4 is 20.1 Å². The van der Waals surface area contributed by atoms with Crippen molar-refractivity contribution in [2.75, 3.05) is 10.6 Å². The van der Waals surface area contributed by atoms with Gasteiger partial charge in [0.15, 0.2) is 5.78 Å². The Morgan fingerprint density at radius 1 is 0.525 bits per heavy atom. The van der Waals surface area contributed by atoms with Gasteiger partial charge in [-0.3, -0.25) is 14.4 Å². The van der Waals surface area contributed by atoms with Gasteiger partial charge in [-0.05, 0) is 76.2 Å². The van der Waals surface area contributed by atoms with Crippen LogP contribution in [0.3, 0.4) is 0 Å². The predicted molar refractivity (Wildman–Crippen MR) is 157 cm³/mol. The van der Waals surface area contributed by atoms with Crippen molar-refractivity contribution >= 4 is 29.0 Å². The Balaban J connectivity index is 1.37. The summed E-state index contributed by atoms with van der Waals surface area (Å²) in [5.74, 6) is 0.538. The van der Waals surface area contributed by atoms with Crippen LogP contribution in [0.15, 0.2) is 97.1 Å². The molecule has 0 heterocycles. The van der Waals surface area contributed by atoms with Crippen LogP contribution in [0.2, 0.25) is 0 Å². The second-order valence-corrected chi connectivity index (χ2v) is 9.78. The first-order valence-electron chi connectivity index (χ1n) is 13.1. The Morgan fingerprint density at radius 3 is 1.23 bits per heavy atom. The summed E-state index contributed by atoms with van der Waals surface area (Å²) >= 11 is 0. The molecule has 204 valence electrons. The van der Waals surface area contributed by atoms with E-state index in [0.717, 1.165) is 0 Å². The quantitative estimate of drug-likeness (QED) is 0.213. The van der Waals surface area contributed by atoms with Gasteiger partial charge in [-0.2, -0.15) is 0 Å². The van der Waals surface area contributed by atoms with Gasteiger partial charge in [0.2, 0.25) is 0 Å². The molecule has 0 aliphatic rings. The van der Waals surface area contributed by atoms with Gasteiger partial charge >= 0.3 is 0 Å². The maximum atomic E-state index is 13.0. The van der Waals surface area contributed by atoms with E-state index in [2.05, 4.69) is 10.6 Å². The standard InChI is InChI=1S/C33H32N2O5/c1-21(2)39-29-9-5-7-27(19-29)34-32(37)25-15-11-23(12-16-25)31(36)24-13-17-26(18-14-24)33(38)35-28-8-6-10-30(20-28)40-22(3)4/h5-22H,1-4H3,(H,34,37)(H,35,38). The lowest BCUT2D eigenvalue weighted by atomic mass is 10.0. The summed E-state index contributed by atoms with van der Waals surface area (Å²) in [5.41, 5.74) is 2.93. The van der Waals surface area contributed by atoms with Crippen molar-refractivity contribution in [1.29, 1.82) is 0 Å². The van der Waals surface area contributed by atoms with Crippen LogP contribution in [0.4, 0.5) is 11.4 Å². The average Bonchev–Trinajstić information content (AvgIpc) is 2.92. The van der Waals surface area contributed by atoms with Crippen molar-refractivity contribution in [3.63, 3.8) is 0 Å². The van der Waals surface area contributed by atoms with Gasteiger partial charge in [0, 0.05) is 45.8 Å². The van der Waals surface area contributed by atoms with E-state index >= 15 is 0 Å². The first kappa shape index (κ1) is 28.1. The van der Waals surface area contributed by atoms with E-state index in [1.165, 1.54) is 0 Å². The van der Waals surface area contributed by atoms with E-state index < -0.39 is 0 Å². The number of carbonyl (C=O) groups is 3. The zero-order valence-corrected chi connectivity index (χ0v) is 22.9. The SMILES string of the molecule is CC(C)Oc1cccc(NC(=O)c2ccc(C(=O)c3ccc(C(=O)Nc4cccc(OC(C)C)c4)cc3)cc2)c1. The molecule has 40 heavy (non-hydrogen) atoms. The second-order valence-electron chi connectivity index (χ2n) is 9.78. The third-order valence-electron chi connectivity index (χ3n) is 5.75. The van der Waals surface area contributed by atoms with E-state index in [1.54, 1.807) is 72.8 Å². The molecule has 7 nitrogen and oxygen atoms in total. The van der Waals surface area contributed by atoms with Crippen molar-refractivity contribution < 1.29 is 23.9 Å². The number of benzene rings is 4. The molecule has 4 rings (SSSR count). The minimum atomic E-state index is -0.294. The van der Waals surface area contributed by atoms with E-state index in [4.69, 9.17) is 9.47 Å². The average molecular weight is 537 g/mol. The van der Waals surface area contributed by atoms with E-state index in [9.17, 15) is 14.4 Å². The number of hydrogen-bond acceptors (Lipinski definition) is 5. The smallest absolute Gasteiger partial charge is 0.255 e. The van der Waals surface area contributed by atoms with Crippen molar-refractivity contribution in [2.45, 2.75) is 39.9 Å². The van der Waals surface area contributed by atoms with E-state index in [-0.39, 0.29) is 29.8 Å². The van der Waals surface area contributed by atoms with E-state index in [0.29, 0.717) is 45.1 Å². The minimum Gasteiger partial charge on any atom is -0.491 e. The molecular formula is C33H32N2O5. The number of carbonyl (C=O) groups excluding carboxylic acids is 3. The van der Waals surface area contributed by atoms with Gasteiger partial charge < -0.3 is 20.1 Å². The summed E-state index contributed by atoms with van der Waals surface area (Å²) in [4.78, 5) is 38.4. The van der Waals surface area contributed by atoms with Crippen LogP contribution in [0.1, 0.15) is 64.3 Å². The van der Waals surface area contributed by atoms with E-state index in [1.807, 2.05) is 52.0 Å². The van der Waals surface area contributed by atoms with Crippen LogP contribution in [-0.2, 0) is 0 Å². The molecule has 4 aromatic rings. The first-order chi connectivity index (χ1) is 19.2. The van der Waals surface area contributed by atoms with Gasteiger partial charge in [0.05, 0.1) is 12.2 Å². The summed E-state index contributed by atoms with van der Waals surface area (Å²) < 4.78 is 11.3. The van der Waals surface area contributed by atoms with Crippen molar-refractivity contribution in [3.8, 4) is 11.5 Å². The number of ether oxygens (including phenoxy) is 2. The lowest BCUT2D eigenvalue weighted by molar-refractivity contribution is 0.101. The van der Waals surface area contributed by atoms with Gasteiger partial charge in [-0.1, -0.05) is 36.4 Å². The zero-order chi connectivity index (χ0) is 28.6. The number of amides is 2. The third-order valence-corrected chi connectivity index (χ3v) is 5.75. The molecule has 0 saturated carbocycles. The molecule has 4 aromatic carbocycles.